The van der Waals surface area contributed by atoms with Crippen LogP contribution in [0.3, 0.4) is 0 Å². The third-order valence-electron chi connectivity index (χ3n) is 9.15. The van der Waals surface area contributed by atoms with Crippen molar-refractivity contribution in [1.82, 2.24) is 24.7 Å². The van der Waals surface area contributed by atoms with Crippen molar-refractivity contribution in [3.63, 3.8) is 0 Å². The molecule has 259 valence electrons. The zero-order valence-corrected chi connectivity index (χ0v) is 31.6. The molecule has 0 aliphatic heterocycles. The van der Waals surface area contributed by atoms with Crippen LogP contribution in [-0.4, -0.2) is 24.7 Å². The molecule has 0 fully saturated rings. The van der Waals surface area contributed by atoms with Gasteiger partial charge in [0, 0.05) is 46.9 Å². The van der Waals surface area contributed by atoms with Crippen LogP contribution in [0.2, 0.25) is 0 Å². The van der Waals surface area contributed by atoms with Gasteiger partial charge in [0.1, 0.15) is 5.58 Å². The van der Waals surface area contributed by atoms with E-state index in [1.54, 1.807) is 18.2 Å². The number of furan rings is 1. The molecule has 1 radical (unpaired) electrons. The molecule has 9 aromatic rings. The zero-order valence-electron chi connectivity index (χ0n) is 32.2. The molecule has 0 amide bonds. The summed E-state index contributed by atoms with van der Waals surface area (Å²) >= 11 is 0. The van der Waals surface area contributed by atoms with Crippen molar-refractivity contribution in [2.45, 2.75) is 46.4 Å². The number of aromatic nitrogens is 5. The van der Waals surface area contributed by atoms with Gasteiger partial charge in [-0.1, -0.05) is 105 Å². The maximum Gasteiger partial charge on any atom is 0.191 e. The molecule has 6 nitrogen and oxygen atoms in total. The molecule has 0 unspecified atom stereocenters. The van der Waals surface area contributed by atoms with Gasteiger partial charge in [-0.05, 0) is 53.2 Å². The van der Waals surface area contributed by atoms with Gasteiger partial charge in [0.25, 0.3) is 0 Å². The fourth-order valence-corrected chi connectivity index (χ4v) is 6.70. The van der Waals surface area contributed by atoms with E-state index in [1.807, 2.05) is 60.7 Å². The predicted molar refractivity (Wildman–Crippen MR) is 207 cm³/mol. The molecule has 0 aliphatic carbocycles. The standard InChI is InChI=1S/C33H27N4O.C12H10N.Ir/c1-19(2)21-13-9-14-22(20(3)4)29(21)37-30-25-12-5-7-17-27(25)35-36-32(30)34-33(37)26-16-10-15-24-23-11-6-8-18-28(23)38-31(24)26;1-10-7-8-12(13-9-10)11-5-3-2-4-6-11;/h5-15,17-20H,1-4H3;2-5,7-9H,1H3;/q2*-1;/i;1D3;. The fourth-order valence-electron chi connectivity index (χ4n) is 6.70. The number of fused-ring (bicyclic) bond motifs is 6. The van der Waals surface area contributed by atoms with Crippen molar-refractivity contribution in [3.8, 4) is 28.3 Å². The molecule has 4 heterocycles. The van der Waals surface area contributed by atoms with Gasteiger partial charge in [-0.15, -0.1) is 64.3 Å². The monoisotopic (exact) mass is 859 g/mol. The van der Waals surface area contributed by atoms with E-state index in [0.29, 0.717) is 17.5 Å². The van der Waals surface area contributed by atoms with Gasteiger partial charge in [-0.25, -0.2) is 0 Å². The number of imidazole rings is 1. The van der Waals surface area contributed by atoms with E-state index in [9.17, 15) is 0 Å². The number of benzene rings is 5. The Kier molecular flexibility index (Phi) is 8.79. The summed E-state index contributed by atoms with van der Waals surface area (Å²) in [7, 11) is 0. The van der Waals surface area contributed by atoms with E-state index in [2.05, 4.69) is 96.0 Å². The van der Waals surface area contributed by atoms with Gasteiger partial charge in [-0.2, -0.15) is 0 Å². The number of nitrogens with zero attached hydrogens (tertiary/aromatic N) is 5. The van der Waals surface area contributed by atoms with E-state index < -0.39 is 6.85 Å². The summed E-state index contributed by atoms with van der Waals surface area (Å²) in [6.45, 7) is 6.88. The summed E-state index contributed by atoms with van der Waals surface area (Å²) in [5, 5.41) is 12.2. The van der Waals surface area contributed by atoms with E-state index >= 15 is 0 Å². The van der Waals surface area contributed by atoms with Crippen molar-refractivity contribution >= 4 is 44.0 Å². The first-order chi connectivity index (χ1) is 26.1. The molecule has 0 bridgehead atoms. The molecule has 0 atom stereocenters. The molecule has 0 spiro atoms. The Morgan fingerprint density at radius 1 is 0.712 bits per heavy atom. The first kappa shape index (κ1) is 31.3. The molecule has 9 rings (SSSR count). The Bertz CT molecular complexity index is 2750. The summed E-state index contributed by atoms with van der Waals surface area (Å²) in [5.74, 6) is 1.37. The number of pyridine rings is 1. The van der Waals surface area contributed by atoms with E-state index in [1.165, 1.54) is 17.3 Å². The molecule has 0 saturated carbocycles. The summed E-state index contributed by atoms with van der Waals surface area (Å²) in [5.41, 5.74) is 10.3. The normalized spacial score (nSPS) is 12.5. The SMILES string of the molecule is CC(C)c1cccc(C(C)C)c1-n1c(-c2[c-]ccc3c2oc2ccccc23)nc2nnc3ccccc3c21.[2H]C([2H])([2H])c1ccc(-c2[c-]cccc2)nc1.[Ir]. The second kappa shape index (κ2) is 14.6. The Balaban J connectivity index is 0.000000231. The summed E-state index contributed by atoms with van der Waals surface area (Å²) in [6, 6.07) is 44.2. The van der Waals surface area contributed by atoms with Crippen LogP contribution in [-0.2, 0) is 20.1 Å². The maximum absolute atomic E-state index is 7.23. The smallest absolute Gasteiger partial charge is 0.191 e. The molecule has 0 N–H and O–H groups in total. The van der Waals surface area contributed by atoms with Crippen LogP contribution in [0, 0.1) is 19.0 Å². The summed E-state index contributed by atoms with van der Waals surface area (Å²) < 4.78 is 30.4. The quantitative estimate of drug-likeness (QED) is 0.161. The molecular formula is C45H37IrN5O-2. The summed E-state index contributed by atoms with van der Waals surface area (Å²) in [6.07, 6.45) is 1.39. The number of rotatable bonds is 5. The van der Waals surface area contributed by atoms with Crippen LogP contribution in [0.15, 0.2) is 126 Å². The third-order valence-corrected chi connectivity index (χ3v) is 9.15. The van der Waals surface area contributed by atoms with Crippen molar-refractivity contribution in [1.29, 1.82) is 0 Å². The van der Waals surface area contributed by atoms with Crippen LogP contribution in [0.4, 0.5) is 0 Å². The van der Waals surface area contributed by atoms with E-state index in [4.69, 9.17) is 13.5 Å². The molecule has 5 aromatic carbocycles. The summed E-state index contributed by atoms with van der Waals surface area (Å²) in [4.78, 5) is 9.25. The average molecular weight is 859 g/mol. The van der Waals surface area contributed by atoms with Crippen LogP contribution < -0.4 is 0 Å². The van der Waals surface area contributed by atoms with Crippen LogP contribution in [0.1, 0.15) is 60.3 Å². The number of hydrogen-bond donors (Lipinski definition) is 0. The van der Waals surface area contributed by atoms with Crippen molar-refractivity contribution in [2.75, 3.05) is 0 Å². The van der Waals surface area contributed by atoms with Gasteiger partial charge < -0.3 is 14.0 Å². The number of aryl methyl sites for hydroxylation is 1. The van der Waals surface area contributed by atoms with Crippen molar-refractivity contribution in [3.05, 3.63) is 150 Å². The zero-order chi connectivity index (χ0) is 37.6. The molecule has 0 saturated heterocycles. The Hall–Kier alpha value is -5.49. The third kappa shape index (κ3) is 6.32. The van der Waals surface area contributed by atoms with Crippen LogP contribution >= 0.6 is 0 Å². The van der Waals surface area contributed by atoms with E-state index in [0.717, 1.165) is 66.7 Å². The predicted octanol–water partition coefficient (Wildman–Crippen LogP) is 11.4. The van der Waals surface area contributed by atoms with Crippen LogP contribution in [0.25, 0.3) is 72.3 Å². The largest absolute Gasteiger partial charge is 0.501 e. The molecule has 52 heavy (non-hydrogen) atoms. The number of para-hydroxylation sites is 2. The van der Waals surface area contributed by atoms with Crippen molar-refractivity contribution in [2.24, 2.45) is 0 Å². The van der Waals surface area contributed by atoms with Gasteiger partial charge in [-0.3, -0.25) is 4.98 Å². The molecule has 7 heteroatoms. The maximum atomic E-state index is 7.23. The second-order valence-electron chi connectivity index (χ2n) is 13.2. The minimum atomic E-state index is -2.09. The molecule has 0 aliphatic rings. The minimum absolute atomic E-state index is 0. The Morgan fingerprint density at radius 3 is 2.17 bits per heavy atom. The fraction of sp³-hybridized carbons (Fsp3) is 0.156. The molecule has 4 aromatic heterocycles. The van der Waals surface area contributed by atoms with Gasteiger partial charge >= 0.3 is 0 Å². The first-order valence-corrected chi connectivity index (χ1v) is 17.1. The Morgan fingerprint density at radius 2 is 1.46 bits per heavy atom. The Labute approximate surface area is 321 Å². The molecular weight excluding hydrogens is 819 g/mol. The number of hydrogen-bond acceptors (Lipinski definition) is 5. The van der Waals surface area contributed by atoms with E-state index in [-0.39, 0.29) is 25.7 Å². The average Bonchev–Trinajstić information content (AvgIpc) is 3.77. The second-order valence-corrected chi connectivity index (χ2v) is 13.2. The van der Waals surface area contributed by atoms with Gasteiger partial charge in [0.2, 0.25) is 0 Å². The van der Waals surface area contributed by atoms with Crippen LogP contribution in [0.5, 0.6) is 0 Å². The minimum Gasteiger partial charge on any atom is -0.501 e. The topological polar surface area (TPSA) is 69.6 Å². The first-order valence-electron chi connectivity index (χ1n) is 18.6. The van der Waals surface area contributed by atoms with Crippen molar-refractivity contribution < 1.29 is 28.6 Å². The van der Waals surface area contributed by atoms with Gasteiger partial charge in [0.15, 0.2) is 5.65 Å². The van der Waals surface area contributed by atoms with Gasteiger partial charge in [0.05, 0.1) is 22.4 Å².